The summed E-state index contributed by atoms with van der Waals surface area (Å²) in [6, 6.07) is 0.466. The van der Waals surface area contributed by atoms with Crippen LogP contribution in [-0.2, 0) is 4.74 Å². The van der Waals surface area contributed by atoms with Crippen LogP contribution in [0.2, 0.25) is 0 Å². The molecule has 0 unspecified atom stereocenters. The smallest absolute Gasteiger partial charge is 0.410 e. The van der Waals surface area contributed by atoms with Crippen LogP contribution in [0.3, 0.4) is 0 Å². The number of fused-ring (bicyclic) bond motifs is 1. The minimum Gasteiger partial charge on any atom is -0.449 e. The van der Waals surface area contributed by atoms with Crippen LogP contribution >= 0.6 is 0 Å². The SMILES string of the molecule is CC[C@]1(C)[C@H]2CCOC(=O)N21. The summed E-state index contributed by atoms with van der Waals surface area (Å²) in [6.45, 7) is 4.85. The summed E-state index contributed by atoms with van der Waals surface area (Å²) in [5.74, 6) is 0. The zero-order valence-corrected chi connectivity index (χ0v) is 6.96. The van der Waals surface area contributed by atoms with Gasteiger partial charge in [0.1, 0.15) is 0 Å². The number of carbonyl (C=O) groups is 1. The molecule has 3 nitrogen and oxygen atoms in total. The zero-order chi connectivity index (χ0) is 8.06. The second-order valence-electron chi connectivity index (χ2n) is 3.50. The van der Waals surface area contributed by atoms with E-state index in [0.717, 1.165) is 12.8 Å². The molecule has 2 saturated heterocycles. The van der Waals surface area contributed by atoms with Gasteiger partial charge >= 0.3 is 6.09 Å². The number of cyclic esters (lactones) is 1. The first-order valence-corrected chi connectivity index (χ1v) is 4.16. The van der Waals surface area contributed by atoms with E-state index in [9.17, 15) is 4.79 Å². The Labute approximate surface area is 66.3 Å². The molecule has 0 aromatic rings. The molecule has 0 aromatic carbocycles. The Morgan fingerprint density at radius 2 is 2.55 bits per heavy atom. The van der Waals surface area contributed by atoms with Gasteiger partial charge in [0.2, 0.25) is 0 Å². The van der Waals surface area contributed by atoms with E-state index in [2.05, 4.69) is 13.8 Å². The number of amides is 1. The average molecular weight is 155 g/mol. The van der Waals surface area contributed by atoms with Crippen LogP contribution in [0, 0.1) is 0 Å². The third-order valence-electron chi connectivity index (χ3n) is 3.04. The van der Waals surface area contributed by atoms with Crippen molar-refractivity contribution in [1.82, 2.24) is 4.90 Å². The Bertz CT molecular complexity index is 204. The van der Waals surface area contributed by atoms with E-state index < -0.39 is 0 Å². The highest BCUT2D eigenvalue weighted by Gasteiger charge is 2.62. The van der Waals surface area contributed by atoms with Crippen molar-refractivity contribution in [2.45, 2.75) is 38.3 Å². The molecule has 2 heterocycles. The largest absolute Gasteiger partial charge is 0.449 e. The molecular formula is C8H13NO2. The molecule has 0 aromatic heterocycles. The molecule has 2 aliphatic heterocycles. The monoisotopic (exact) mass is 155 g/mol. The van der Waals surface area contributed by atoms with Crippen LogP contribution < -0.4 is 0 Å². The number of ether oxygens (including phenoxy) is 1. The van der Waals surface area contributed by atoms with Crippen molar-refractivity contribution in [3.63, 3.8) is 0 Å². The summed E-state index contributed by atoms with van der Waals surface area (Å²) in [4.78, 5) is 13.0. The fourth-order valence-electron chi connectivity index (χ4n) is 2.01. The summed E-state index contributed by atoms with van der Waals surface area (Å²) in [5, 5.41) is 0. The van der Waals surface area contributed by atoms with E-state index in [1.807, 2.05) is 4.90 Å². The normalized spacial score (nSPS) is 41.5. The molecule has 0 saturated carbocycles. The molecular weight excluding hydrogens is 142 g/mol. The van der Waals surface area contributed by atoms with Crippen LogP contribution in [0.25, 0.3) is 0 Å². The zero-order valence-electron chi connectivity index (χ0n) is 6.96. The summed E-state index contributed by atoms with van der Waals surface area (Å²) < 4.78 is 4.92. The molecule has 0 N–H and O–H groups in total. The first-order valence-electron chi connectivity index (χ1n) is 4.16. The molecule has 2 atom stereocenters. The second-order valence-corrected chi connectivity index (χ2v) is 3.50. The molecule has 0 bridgehead atoms. The van der Waals surface area contributed by atoms with Crippen LogP contribution in [0.15, 0.2) is 0 Å². The van der Waals surface area contributed by atoms with Gasteiger partial charge in [-0.2, -0.15) is 0 Å². The molecule has 62 valence electrons. The molecule has 1 amide bonds. The van der Waals surface area contributed by atoms with Gasteiger partial charge in [0.15, 0.2) is 0 Å². The Morgan fingerprint density at radius 3 is 3.09 bits per heavy atom. The number of nitrogens with zero attached hydrogens (tertiary/aromatic N) is 1. The predicted octanol–water partition coefficient (Wildman–Crippen LogP) is 1.38. The molecule has 11 heavy (non-hydrogen) atoms. The fraction of sp³-hybridized carbons (Fsp3) is 0.875. The van der Waals surface area contributed by atoms with Gasteiger partial charge < -0.3 is 4.74 Å². The fourth-order valence-corrected chi connectivity index (χ4v) is 2.01. The van der Waals surface area contributed by atoms with Crippen LogP contribution in [-0.4, -0.2) is 29.2 Å². The maximum atomic E-state index is 11.1. The minimum atomic E-state index is -0.120. The highest BCUT2D eigenvalue weighted by atomic mass is 16.6. The van der Waals surface area contributed by atoms with Gasteiger partial charge in [-0.3, -0.25) is 4.90 Å². The summed E-state index contributed by atoms with van der Waals surface area (Å²) in [6.07, 6.45) is 1.92. The van der Waals surface area contributed by atoms with Crippen molar-refractivity contribution in [2.24, 2.45) is 0 Å². The lowest BCUT2D eigenvalue weighted by Crippen LogP contribution is -2.23. The van der Waals surface area contributed by atoms with Gasteiger partial charge in [0, 0.05) is 6.42 Å². The van der Waals surface area contributed by atoms with Crippen LogP contribution in [0.4, 0.5) is 4.79 Å². The molecule has 0 aliphatic carbocycles. The van der Waals surface area contributed by atoms with E-state index in [1.165, 1.54) is 0 Å². The quantitative estimate of drug-likeness (QED) is 0.535. The van der Waals surface area contributed by atoms with Crippen molar-refractivity contribution in [3.05, 3.63) is 0 Å². The summed E-state index contributed by atoms with van der Waals surface area (Å²) >= 11 is 0. The van der Waals surface area contributed by atoms with Crippen molar-refractivity contribution < 1.29 is 9.53 Å². The topological polar surface area (TPSA) is 29.3 Å². The predicted molar refractivity (Wildman–Crippen MR) is 40.3 cm³/mol. The highest BCUT2D eigenvalue weighted by molar-refractivity contribution is 5.74. The Morgan fingerprint density at radius 1 is 1.82 bits per heavy atom. The number of rotatable bonds is 1. The second kappa shape index (κ2) is 1.90. The van der Waals surface area contributed by atoms with Gasteiger partial charge in [-0.15, -0.1) is 0 Å². The van der Waals surface area contributed by atoms with Crippen molar-refractivity contribution in [1.29, 1.82) is 0 Å². The van der Waals surface area contributed by atoms with Gasteiger partial charge in [-0.25, -0.2) is 4.79 Å². The van der Waals surface area contributed by atoms with Crippen molar-refractivity contribution in [3.8, 4) is 0 Å². The minimum absolute atomic E-state index is 0.119. The third kappa shape index (κ3) is 0.710. The first-order chi connectivity index (χ1) is 5.20. The molecule has 2 fully saturated rings. The van der Waals surface area contributed by atoms with E-state index in [4.69, 9.17) is 4.74 Å². The van der Waals surface area contributed by atoms with Gasteiger partial charge in [0.05, 0.1) is 18.2 Å². The number of hydrogen-bond acceptors (Lipinski definition) is 2. The number of hydrogen-bond donors (Lipinski definition) is 0. The standard InChI is InChI=1S/C8H13NO2/c1-3-8(2)6-4-5-11-7(10)9(6)8/h6H,3-5H2,1-2H3/t6-,8-,9?/m1/s1. The van der Waals surface area contributed by atoms with Gasteiger partial charge in [-0.05, 0) is 13.3 Å². The lowest BCUT2D eigenvalue weighted by Gasteiger charge is -2.11. The lowest BCUT2D eigenvalue weighted by atomic mass is 10.0. The lowest BCUT2D eigenvalue weighted by molar-refractivity contribution is 0.107. The highest BCUT2D eigenvalue weighted by Crippen LogP contribution is 2.47. The third-order valence-corrected chi connectivity index (χ3v) is 3.04. The van der Waals surface area contributed by atoms with Crippen molar-refractivity contribution in [2.75, 3.05) is 6.61 Å². The van der Waals surface area contributed by atoms with Gasteiger partial charge in [0.25, 0.3) is 0 Å². The van der Waals surface area contributed by atoms with Crippen LogP contribution in [0.5, 0.6) is 0 Å². The van der Waals surface area contributed by atoms with E-state index in [1.54, 1.807) is 0 Å². The van der Waals surface area contributed by atoms with E-state index in [0.29, 0.717) is 12.6 Å². The van der Waals surface area contributed by atoms with E-state index in [-0.39, 0.29) is 11.6 Å². The van der Waals surface area contributed by atoms with Gasteiger partial charge in [-0.1, -0.05) is 6.92 Å². The molecule has 3 heteroatoms. The Hall–Kier alpha value is -0.730. The average Bonchev–Trinajstić information content (AvgIpc) is 2.61. The molecule has 0 radical (unpaired) electrons. The Kier molecular flexibility index (Phi) is 1.20. The molecule has 2 rings (SSSR count). The van der Waals surface area contributed by atoms with Crippen molar-refractivity contribution >= 4 is 6.09 Å². The summed E-state index contributed by atoms with van der Waals surface area (Å²) in [5.41, 5.74) is 0.119. The first kappa shape index (κ1) is 6.95. The maximum absolute atomic E-state index is 11.1. The Balaban J connectivity index is 2.16. The number of carbonyl (C=O) groups excluding carboxylic acids is 1. The summed E-state index contributed by atoms with van der Waals surface area (Å²) in [7, 11) is 0. The molecule has 0 spiro atoms. The van der Waals surface area contributed by atoms with Crippen LogP contribution in [0.1, 0.15) is 26.7 Å². The maximum Gasteiger partial charge on any atom is 0.410 e. The molecule has 2 aliphatic rings. The van der Waals surface area contributed by atoms with E-state index >= 15 is 0 Å².